The van der Waals surface area contributed by atoms with Gasteiger partial charge in [0, 0.05) is 241 Å². The molecule has 0 bridgehead atoms. The predicted octanol–water partition coefficient (Wildman–Crippen LogP) is 5.21. The van der Waals surface area contributed by atoms with Crippen molar-refractivity contribution >= 4 is 45.2 Å². The van der Waals surface area contributed by atoms with Crippen molar-refractivity contribution in [2.45, 2.75) is 46.4 Å². The molecule has 0 fully saturated rings. The van der Waals surface area contributed by atoms with Crippen molar-refractivity contribution in [2.24, 2.45) is 0 Å². The van der Waals surface area contributed by atoms with Gasteiger partial charge in [-0.15, -0.1) is 0 Å². The summed E-state index contributed by atoms with van der Waals surface area (Å²) in [7, 11) is -3.19. The molecule has 2 aromatic carbocycles. The summed E-state index contributed by atoms with van der Waals surface area (Å²) in [6.07, 6.45) is 5.60. The Morgan fingerprint density at radius 3 is 1.42 bits per heavy atom. The molecule has 0 aliphatic carbocycles. The molecule has 0 amide bonds. The number of benzene rings is 2. The molecule has 2 rings (SSSR count). The molecular weight excluding hydrogens is 1190 g/mol. The molecule has 0 unspecified atom stereocenters. The van der Waals surface area contributed by atoms with E-state index in [2.05, 4.69) is 25.6 Å². The Kier molecular flexibility index (Phi) is 76.9. The number of hydrogen-bond acceptors (Lipinski definition) is 8. The summed E-state index contributed by atoms with van der Waals surface area (Å²) in [5.74, 6) is -0.980. The van der Waals surface area contributed by atoms with E-state index in [9.17, 15) is 32.4 Å². The van der Waals surface area contributed by atoms with Crippen LogP contribution in [-0.2, 0) is 263 Å². The minimum absolute atomic E-state index is 0. The van der Waals surface area contributed by atoms with E-state index < -0.39 is 15.8 Å². The molecule has 0 aliphatic heterocycles. The third kappa shape index (κ3) is 50.7. The molecule has 255 valence electrons. The van der Waals surface area contributed by atoms with Crippen molar-refractivity contribution < 1.29 is 271 Å². The molecule has 0 heterocycles. The number of nitrogens with zero attached hydrogens (tertiary/aromatic N) is 2. The normalized spacial score (nSPS) is 8.20. The first-order valence-electron chi connectivity index (χ1n) is 12.5. The van der Waals surface area contributed by atoms with E-state index in [4.69, 9.17) is 10.3 Å². The van der Waals surface area contributed by atoms with Crippen LogP contribution in [0, 0.1) is 20.8 Å². The SMILES string of the molecule is C/C=C/C(C)=O.C/C=C/S(=O)(=O)c1ccccc1.CC(=O)C=[N+]=[N-].[CH2-]C(C)=O.[CH2-]c1cccc([CH2-])c1C(=O)OCC(C)=O.[Y].[Y].[Y].[Y].[Y].[Y].[Y]. The summed E-state index contributed by atoms with van der Waals surface area (Å²) < 4.78 is 27.5. The number of ether oxygens (including phenoxy) is 1. The maximum absolute atomic E-state index is 11.5. The quantitative estimate of drug-likeness (QED) is 0.0912. The predicted molar refractivity (Wildman–Crippen MR) is 167 cm³/mol. The molecule has 0 saturated heterocycles. The third-order valence-corrected chi connectivity index (χ3v) is 5.44. The third-order valence-electron chi connectivity index (χ3n) is 3.88. The van der Waals surface area contributed by atoms with Gasteiger partial charge < -0.3 is 22.0 Å². The number of ketones is 4. The zero-order valence-electron chi connectivity index (χ0n) is 29.4. The number of hydrogen-bond donors (Lipinski definition) is 0. The monoisotopic (exact) mass is 1230 g/mol. The second-order valence-electron chi connectivity index (χ2n) is 8.22. The Morgan fingerprint density at radius 1 is 0.740 bits per heavy atom. The fourth-order valence-electron chi connectivity index (χ4n) is 2.34. The summed E-state index contributed by atoms with van der Waals surface area (Å²) in [6, 6.07) is 13.5. The van der Waals surface area contributed by atoms with Crippen LogP contribution >= 0.6 is 0 Å². The van der Waals surface area contributed by atoms with E-state index in [1.165, 1.54) is 45.3 Å². The number of esters is 1. The second-order valence-corrected chi connectivity index (χ2v) is 10.1. The number of rotatable bonds is 7. The molecule has 0 aliphatic rings. The van der Waals surface area contributed by atoms with Gasteiger partial charge in [-0.05, 0) is 58.6 Å². The van der Waals surface area contributed by atoms with E-state index in [0.717, 1.165) is 6.21 Å². The number of sulfone groups is 1. The minimum Gasteiger partial charge on any atom is -0.463 e. The number of carbonyl (C=O) groups excluding carboxylic acids is 5. The van der Waals surface area contributed by atoms with E-state index in [1.54, 1.807) is 61.5 Å². The molecule has 0 N–H and O–H groups in total. The van der Waals surface area contributed by atoms with E-state index in [-0.39, 0.29) is 259 Å². The van der Waals surface area contributed by atoms with Gasteiger partial charge in [0.2, 0.25) is 5.78 Å². The van der Waals surface area contributed by atoms with Crippen molar-refractivity contribution in [1.82, 2.24) is 0 Å². The standard InChI is InChI=1S/C12H12O3.C9H10O2S.C5H8O.C3H4N2O.C3H5O.7Y/c1-8-5-4-6-9(2)11(8)12(14)15-7-10(3)13;1-2-8-12(10,11)9-6-4-3-5-7-9;1-3-4-5(2)6;1-3(6)2-5-4;1-3(2)4;;;;;;;/h4-6H,1-2,7H2,3H3;2-8H,1H3;3-4H,1-2H3;2H,1H3;1H2,2H3;;;;;;;/q-2;;;;-1;;;;;;;/b;8-2+;4-3+;;;;;;;;;. The largest absolute Gasteiger partial charge is 0.463 e. The van der Waals surface area contributed by atoms with Crippen molar-refractivity contribution in [2.75, 3.05) is 6.61 Å². The average molecular weight is 1230 g/mol. The first kappa shape index (κ1) is 77.3. The zero-order chi connectivity index (χ0) is 34.0. The van der Waals surface area contributed by atoms with Gasteiger partial charge in [-0.25, -0.2) is 8.42 Å². The van der Waals surface area contributed by atoms with Gasteiger partial charge in [0.15, 0.2) is 21.4 Å². The van der Waals surface area contributed by atoms with Crippen molar-refractivity contribution in [3.05, 3.63) is 115 Å². The van der Waals surface area contributed by atoms with Crippen LogP contribution in [0.1, 0.15) is 63.0 Å². The van der Waals surface area contributed by atoms with Gasteiger partial charge in [-0.1, -0.05) is 35.9 Å². The fourth-order valence-corrected chi connectivity index (χ4v) is 3.39. The van der Waals surface area contributed by atoms with Crippen LogP contribution < -0.4 is 0 Å². The average Bonchev–Trinajstić information content (AvgIpc) is 2.88. The number of Topliss-reactive ketones (excluding diaryl/α,β-unsaturated/α-hetero) is 3. The molecular formula is C32H39N2O8SY7-3. The Hall–Kier alpha value is 2.74. The topological polar surface area (TPSA) is 165 Å². The zero-order valence-corrected chi connectivity index (χ0v) is 50.1. The van der Waals surface area contributed by atoms with Gasteiger partial charge >= 0.3 is 6.21 Å². The molecule has 0 saturated carbocycles. The molecule has 50 heavy (non-hydrogen) atoms. The van der Waals surface area contributed by atoms with Crippen LogP contribution in [0.4, 0.5) is 0 Å². The smallest absolute Gasteiger partial charge is 0.322 e. The first-order chi connectivity index (χ1) is 20.0. The van der Waals surface area contributed by atoms with Gasteiger partial charge in [-0.3, -0.25) is 19.2 Å². The number of allylic oxidation sites excluding steroid dienone is 3. The Bertz CT molecular complexity index is 1410. The van der Waals surface area contributed by atoms with Crippen LogP contribution in [0.5, 0.6) is 0 Å². The first-order valence-corrected chi connectivity index (χ1v) is 14.0. The number of carbonyl (C=O) groups is 5. The van der Waals surface area contributed by atoms with Gasteiger partial charge in [0.05, 0.1) is 4.90 Å². The van der Waals surface area contributed by atoms with Crippen LogP contribution in [0.3, 0.4) is 0 Å². The summed E-state index contributed by atoms with van der Waals surface area (Å²) in [4.78, 5) is 54.0. The summed E-state index contributed by atoms with van der Waals surface area (Å²) in [6.45, 7) is 19.3. The van der Waals surface area contributed by atoms with Crippen LogP contribution in [0.2, 0.25) is 0 Å². The Balaban J connectivity index is -0.0000000518. The van der Waals surface area contributed by atoms with E-state index in [0.29, 0.717) is 21.6 Å². The van der Waals surface area contributed by atoms with Crippen LogP contribution in [0.25, 0.3) is 5.53 Å². The van der Waals surface area contributed by atoms with Gasteiger partial charge in [0.1, 0.15) is 6.61 Å². The van der Waals surface area contributed by atoms with Crippen molar-refractivity contribution in [3.8, 4) is 0 Å². The fraction of sp³-hybridized carbons (Fsp3) is 0.219. The second kappa shape index (κ2) is 49.8. The van der Waals surface area contributed by atoms with Gasteiger partial charge in [0.25, 0.3) is 5.97 Å². The summed E-state index contributed by atoms with van der Waals surface area (Å²) >= 11 is 0. The molecule has 18 heteroatoms. The van der Waals surface area contributed by atoms with Gasteiger partial charge in [-0.2, -0.15) is 48.0 Å². The van der Waals surface area contributed by atoms with E-state index in [1.807, 2.05) is 6.92 Å². The molecule has 10 nitrogen and oxygen atoms in total. The van der Waals surface area contributed by atoms with Crippen molar-refractivity contribution in [1.29, 1.82) is 0 Å². The van der Waals surface area contributed by atoms with Crippen molar-refractivity contribution in [3.63, 3.8) is 0 Å². The van der Waals surface area contributed by atoms with Crippen LogP contribution in [-0.4, -0.2) is 55.1 Å². The van der Waals surface area contributed by atoms with E-state index >= 15 is 0 Å². The summed E-state index contributed by atoms with van der Waals surface area (Å²) in [5, 5.41) is 1.20. The Morgan fingerprint density at radius 2 is 1.16 bits per heavy atom. The maximum Gasteiger partial charge on any atom is 0.322 e. The minimum atomic E-state index is -3.19. The summed E-state index contributed by atoms with van der Waals surface area (Å²) in [5.41, 5.74) is 9.02. The van der Waals surface area contributed by atoms with Crippen LogP contribution in [0.15, 0.2) is 77.1 Å². The molecule has 2 aromatic rings. The molecule has 0 spiro atoms. The molecule has 0 atom stereocenters. The maximum atomic E-state index is 11.5. The Labute approximate surface area is 474 Å². The molecule has 0 aromatic heterocycles. The molecule has 7 radical (unpaired) electrons.